The Bertz CT molecular complexity index is 856. The fourth-order valence-electron chi connectivity index (χ4n) is 2.14. The molecule has 0 saturated carbocycles. The molecular weight excluding hydrogens is 384 g/mol. The minimum atomic E-state index is -0.476. The van der Waals surface area contributed by atoms with Crippen LogP contribution in [-0.2, 0) is 0 Å². The highest BCUT2D eigenvalue weighted by atomic mass is 79.9. The Hall–Kier alpha value is -2.65. The summed E-state index contributed by atoms with van der Waals surface area (Å²) in [5, 5.41) is 20.3. The van der Waals surface area contributed by atoms with E-state index >= 15 is 0 Å². The van der Waals surface area contributed by atoms with Crippen LogP contribution >= 0.6 is 15.9 Å². The first-order valence-electron chi connectivity index (χ1n) is 7.77. The van der Waals surface area contributed by atoms with Gasteiger partial charge in [-0.15, -0.1) is 0 Å². The molecule has 0 amide bonds. The number of allylic oxidation sites excluding steroid dienone is 1. The lowest BCUT2D eigenvalue weighted by Crippen LogP contribution is -2.09. The molecule has 0 N–H and O–H groups in total. The van der Waals surface area contributed by atoms with Crippen molar-refractivity contribution in [3.05, 3.63) is 68.2 Å². The monoisotopic (exact) mass is 400 g/mol. The van der Waals surface area contributed by atoms with E-state index in [0.29, 0.717) is 11.1 Å². The molecule has 2 aromatic rings. The van der Waals surface area contributed by atoms with Gasteiger partial charge in [0, 0.05) is 12.1 Å². The van der Waals surface area contributed by atoms with Crippen LogP contribution in [0.3, 0.4) is 0 Å². The van der Waals surface area contributed by atoms with Crippen molar-refractivity contribution < 1.29 is 9.66 Å². The number of hydrogen-bond donors (Lipinski definition) is 0. The van der Waals surface area contributed by atoms with Gasteiger partial charge in [0.15, 0.2) is 0 Å². The normalized spacial score (nSPS) is 12.3. The Morgan fingerprint density at radius 3 is 2.76 bits per heavy atom. The van der Waals surface area contributed by atoms with Crippen LogP contribution in [0.2, 0.25) is 0 Å². The summed E-state index contributed by atoms with van der Waals surface area (Å²) in [6, 6.07) is 13.7. The lowest BCUT2D eigenvalue weighted by Gasteiger charge is -2.14. The van der Waals surface area contributed by atoms with Crippen molar-refractivity contribution in [3.63, 3.8) is 0 Å². The van der Waals surface area contributed by atoms with Crippen molar-refractivity contribution in [2.24, 2.45) is 0 Å². The molecule has 0 aliphatic rings. The Kier molecular flexibility index (Phi) is 6.31. The van der Waals surface area contributed by atoms with Gasteiger partial charge in [-0.25, -0.2) is 0 Å². The molecule has 2 aromatic carbocycles. The molecule has 5 nitrogen and oxygen atoms in total. The molecule has 0 saturated heterocycles. The first kappa shape index (κ1) is 18.7. The van der Waals surface area contributed by atoms with Gasteiger partial charge in [0.05, 0.1) is 27.1 Å². The quantitative estimate of drug-likeness (QED) is 0.273. The third-order valence-corrected chi connectivity index (χ3v) is 4.28. The van der Waals surface area contributed by atoms with Gasteiger partial charge < -0.3 is 4.74 Å². The Balaban J connectivity index is 2.34. The Morgan fingerprint density at radius 2 is 2.16 bits per heavy atom. The zero-order chi connectivity index (χ0) is 18.4. The highest BCUT2D eigenvalue weighted by molar-refractivity contribution is 9.10. The van der Waals surface area contributed by atoms with Crippen LogP contribution in [0.5, 0.6) is 5.75 Å². The summed E-state index contributed by atoms with van der Waals surface area (Å²) in [6.07, 6.45) is 2.70. The highest BCUT2D eigenvalue weighted by Gasteiger charge is 2.10. The summed E-state index contributed by atoms with van der Waals surface area (Å²) in [5.74, 6) is 0.736. The van der Waals surface area contributed by atoms with Gasteiger partial charge in [0.1, 0.15) is 5.75 Å². The second kappa shape index (κ2) is 8.45. The van der Waals surface area contributed by atoms with Gasteiger partial charge in [0.25, 0.3) is 5.69 Å². The molecule has 0 heterocycles. The van der Waals surface area contributed by atoms with E-state index in [-0.39, 0.29) is 11.8 Å². The SMILES string of the molecule is CCC(C)Oc1ccc(C=C(C#N)c2cccc([N+](=O)[O-])c2)cc1Br. The van der Waals surface area contributed by atoms with Crippen molar-refractivity contribution >= 4 is 33.3 Å². The van der Waals surface area contributed by atoms with Crippen molar-refractivity contribution in [2.45, 2.75) is 26.4 Å². The molecule has 6 heteroatoms. The van der Waals surface area contributed by atoms with Gasteiger partial charge in [-0.2, -0.15) is 5.26 Å². The third-order valence-electron chi connectivity index (χ3n) is 3.66. The van der Waals surface area contributed by atoms with Gasteiger partial charge in [-0.3, -0.25) is 10.1 Å². The van der Waals surface area contributed by atoms with Gasteiger partial charge in [-0.05, 0) is 58.6 Å². The second-order valence-electron chi connectivity index (χ2n) is 5.50. The first-order valence-corrected chi connectivity index (χ1v) is 8.56. The summed E-state index contributed by atoms with van der Waals surface area (Å²) in [7, 11) is 0. The number of nitrogens with zero attached hydrogens (tertiary/aromatic N) is 2. The van der Waals surface area contributed by atoms with Crippen LogP contribution in [0.1, 0.15) is 31.4 Å². The lowest BCUT2D eigenvalue weighted by atomic mass is 10.0. The van der Waals surface area contributed by atoms with E-state index in [2.05, 4.69) is 22.0 Å². The highest BCUT2D eigenvalue weighted by Crippen LogP contribution is 2.29. The minimum absolute atomic E-state index is 0.0443. The molecule has 0 radical (unpaired) electrons. The van der Waals surface area contributed by atoms with E-state index in [9.17, 15) is 15.4 Å². The zero-order valence-electron chi connectivity index (χ0n) is 13.9. The van der Waals surface area contributed by atoms with Crippen LogP contribution in [0.4, 0.5) is 5.69 Å². The van der Waals surface area contributed by atoms with E-state index in [0.717, 1.165) is 22.2 Å². The van der Waals surface area contributed by atoms with Crippen molar-refractivity contribution in [1.82, 2.24) is 0 Å². The second-order valence-corrected chi connectivity index (χ2v) is 6.36. The Morgan fingerprint density at radius 1 is 1.40 bits per heavy atom. The zero-order valence-corrected chi connectivity index (χ0v) is 15.5. The molecule has 0 spiro atoms. The molecule has 0 bridgehead atoms. The number of nitro groups is 1. The molecule has 25 heavy (non-hydrogen) atoms. The van der Waals surface area contributed by atoms with Crippen molar-refractivity contribution in [1.29, 1.82) is 5.26 Å². The lowest BCUT2D eigenvalue weighted by molar-refractivity contribution is -0.384. The maximum atomic E-state index is 10.9. The molecule has 1 unspecified atom stereocenters. The van der Waals surface area contributed by atoms with E-state index in [1.165, 1.54) is 12.1 Å². The number of halogens is 1. The van der Waals surface area contributed by atoms with Gasteiger partial charge >= 0.3 is 0 Å². The summed E-state index contributed by atoms with van der Waals surface area (Å²) >= 11 is 3.48. The van der Waals surface area contributed by atoms with Crippen molar-refractivity contribution in [3.8, 4) is 11.8 Å². The van der Waals surface area contributed by atoms with Crippen LogP contribution < -0.4 is 4.74 Å². The van der Waals surface area contributed by atoms with E-state index in [1.54, 1.807) is 18.2 Å². The average molecular weight is 401 g/mol. The molecule has 0 fully saturated rings. The minimum Gasteiger partial charge on any atom is -0.490 e. The first-order chi connectivity index (χ1) is 11.9. The van der Waals surface area contributed by atoms with Crippen LogP contribution in [0.25, 0.3) is 11.6 Å². The van der Waals surface area contributed by atoms with E-state index < -0.39 is 4.92 Å². The standard InChI is InChI=1S/C19H17BrN2O3/c1-3-13(2)25-19-8-7-14(10-18(19)20)9-16(12-21)15-5-4-6-17(11-15)22(23)24/h4-11,13H,3H2,1-2H3. The smallest absolute Gasteiger partial charge is 0.270 e. The summed E-state index contributed by atoms with van der Waals surface area (Å²) in [5.41, 5.74) is 1.61. The van der Waals surface area contributed by atoms with Gasteiger partial charge in [0.2, 0.25) is 0 Å². The predicted octanol–water partition coefficient (Wildman–Crippen LogP) is 5.60. The molecular formula is C19H17BrN2O3. The predicted molar refractivity (Wildman–Crippen MR) is 101 cm³/mol. The molecule has 128 valence electrons. The summed E-state index contributed by atoms with van der Waals surface area (Å²) in [4.78, 5) is 10.4. The number of benzene rings is 2. The molecule has 0 aromatic heterocycles. The largest absolute Gasteiger partial charge is 0.490 e. The number of hydrogen-bond acceptors (Lipinski definition) is 4. The maximum absolute atomic E-state index is 10.9. The molecule has 0 aliphatic carbocycles. The maximum Gasteiger partial charge on any atom is 0.270 e. The van der Waals surface area contributed by atoms with E-state index in [4.69, 9.17) is 4.74 Å². The van der Waals surface area contributed by atoms with Crippen LogP contribution in [0, 0.1) is 21.4 Å². The third kappa shape index (κ3) is 4.91. The molecule has 2 rings (SSSR count). The fraction of sp³-hybridized carbons (Fsp3) is 0.211. The number of ether oxygens (including phenoxy) is 1. The topological polar surface area (TPSA) is 76.2 Å². The molecule has 1 atom stereocenters. The van der Waals surface area contributed by atoms with Crippen LogP contribution in [0.15, 0.2) is 46.9 Å². The van der Waals surface area contributed by atoms with Crippen LogP contribution in [-0.4, -0.2) is 11.0 Å². The Labute approximate surface area is 154 Å². The number of nitro benzene ring substituents is 1. The molecule has 0 aliphatic heterocycles. The van der Waals surface area contributed by atoms with E-state index in [1.807, 2.05) is 32.0 Å². The van der Waals surface area contributed by atoms with Crippen molar-refractivity contribution in [2.75, 3.05) is 0 Å². The number of nitriles is 1. The van der Waals surface area contributed by atoms with Gasteiger partial charge in [-0.1, -0.05) is 25.1 Å². The number of rotatable bonds is 6. The average Bonchev–Trinajstić information content (AvgIpc) is 2.61. The fourth-order valence-corrected chi connectivity index (χ4v) is 2.63. The summed E-state index contributed by atoms with van der Waals surface area (Å²) in [6.45, 7) is 4.05. The number of non-ortho nitro benzene ring substituents is 1. The summed E-state index contributed by atoms with van der Waals surface area (Å²) < 4.78 is 6.59.